The summed E-state index contributed by atoms with van der Waals surface area (Å²) in [6, 6.07) is 0. The third-order valence-corrected chi connectivity index (χ3v) is 3.75. The van der Waals surface area contributed by atoms with Crippen molar-refractivity contribution in [3.63, 3.8) is 0 Å². The van der Waals surface area contributed by atoms with Crippen molar-refractivity contribution in [1.82, 2.24) is 0 Å². The van der Waals surface area contributed by atoms with Gasteiger partial charge in [-0.1, -0.05) is 51.4 Å². The van der Waals surface area contributed by atoms with Crippen molar-refractivity contribution in [1.29, 1.82) is 0 Å². The molecule has 0 aliphatic carbocycles. The van der Waals surface area contributed by atoms with E-state index in [1.54, 1.807) is 0 Å². The van der Waals surface area contributed by atoms with Crippen LogP contribution in [0, 0.1) is 0 Å². The van der Waals surface area contributed by atoms with Crippen molar-refractivity contribution < 1.29 is 9.59 Å². The molecule has 0 aromatic rings. The quantitative estimate of drug-likeness (QED) is 0.319. The molecule has 0 aromatic carbocycles. The Labute approximate surface area is 148 Å². The standard InChI is InChI=1S/C12H24N2O2.C6H16N2/c13-11(15)9-7-5-3-1-2-4-6-8-10-12(14)16;7-5-3-1-2-4-6-8/h1-10H2,(H2,13,15)(H2,14,16);1-8H2. The van der Waals surface area contributed by atoms with Crippen LogP contribution in [0.5, 0.6) is 0 Å². The van der Waals surface area contributed by atoms with Crippen molar-refractivity contribution in [2.24, 2.45) is 22.9 Å². The second-order valence-corrected chi connectivity index (χ2v) is 6.25. The number of primary amides is 2. The largest absolute Gasteiger partial charge is 0.370 e. The molecule has 0 fully saturated rings. The van der Waals surface area contributed by atoms with Gasteiger partial charge in [-0.25, -0.2) is 0 Å². The van der Waals surface area contributed by atoms with Crippen LogP contribution in [-0.2, 0) is 9.59 Å². The predicted molar refractivity (Wildman–Crippen MR) is 101 cm³/mol. The minimum Gasteiger partial charge on any atom is -0.370 e. The highest BCUT2D eigenvalue weighted by atomic mass is 16.1. The minimum absolute atomic E-state index is 0.202. The van der Waals surface area contributed by atoms with Gasteiger partial charge in [-0.05, 0) is 38.8 Å². The lowest BCUT2D eigenvalue weighted by Gasteiger charge is -2.01. The van der Waals surface area contributed by atoms with Gasteiger partial charge in [-0.3, -0.25) is 9.59 Å². The van der Waals surface area contributed by atoms with Crippen LogP contribution >= 0.6 is 0 Å². The van der Waals surface area contributed by atoms with Crippen molar-refractivity contribution in [2.75, 3.05) is 13.1 Å². The molecule has 6 nitrogen and oxygen atoms in total. The second kappa shape index (κ2) is 21.9. The zero-order valence-corrected chi connectivity index (χ0v) is 15.4. The lowest BCUT2D eigenvalue weighted by molar-refractivity contribution is -0.119. The van der Waals surface area contributed by atoms with Crippen molar-refractivity contribution in [2.45, 2.75) is 89.9 Å². The summed E-state index contributed by atoms with van der Waals surface area (Å²) in [6.07, 6.45) is 14.6. The van der Waals surface area contributed by atoms with E-state index in [1.807, 2.05) is 0 Å². The number of hydrogen-bond acceptors (Lipinski definition) is 4. The molecule has 6 heteroatoms. The molecule has 0 saturated heterocycles. The molecule has 0 heterocycles. The van der Waals surface area contributed by atoms with Gasteiger partial charge in [0.15, 0.2) is 0 Å². The third-order valence-electron chi connectivity index (χ3n) is 3.75. The molecule has 0 spiro atoms. The summed E-state index contributed by atoms with van der Waals surface area (Å²) in [5, 5.41) is 0. The summed E-state index contributed by atoms with van der Waals surface area (Å²) in [5.74, 6) is -0.405. The van der Waals surface area contributed by atoms with Crippen LogP contribution in [0.3, 0.4) is 0 Å². The van der Waals surface area contributed by atoms with E-state index in [0.29, 0.717) is 12.8 Å². The van der Waals surface area contributed by atoms with Gasteiger partial charge in [-0.15, -0.1) is 0 Å². The number of nitrogens with two attached hydrogens (primary N) is 4. The SMILES string of the molecule is NC(=O)CCCCCCCCCCC(N)=O.NCCCCCCN. The van der Waals surface area contributed by atoms with E-state index >= 15 is 0 Å². The number of hydrogen-bond donors (Lipinski definition) is 4. The van der Waals surface area contributed by atoms with Gasteiger partial charge in [0.2, 0.25) is 11.8 Å². The maximum Gasteiger partial charge on any atom is 0.217 e. The highest BCUT2D eigenvalue weighted by Crippen LogP contribution is 2.10. The van der Waals surface area contributed by atoms with Gasteiger partial charge >= 0.3 is 0 Å². The van der Waals surface area contributed by atoms with E-state index in [-0.39, 0.29) is 11.8 Å². The molecule has 0 radical (unpaired) electrons. The van der Waals surface area contributed by atoms with Crippen LogP contribution in [0.25, 0.3) is 0 Å². The zero-order valence-electron chi connectivity index (χ0n) is 15.4. The van der Waals surface area contributed by atoms with Gasteiger partial charge in [0, 0.05) is 12.8 Å². The number of unbranched alkanes of at least 4 members (excludes halogenated alkanes) is 10. The van der Waals surface area contributed by atoms with Gasteiger partial charge in [0.1, 0.15) is 0 Å². The first-order valence-corrected chi connectivity index (χ1v) is 9.51. The van der Waals surface area contributed by atoms with Crippen molar-refractivity contribution in [3.05, 3.63) is 0 Å². The normalized spacial score (nSPS) is 10.1. The summed E-state index contributed by atoms with van der Waals surface area (Å²) >= 11 is 0. The number of carbonyl (C=O) groups is 2. The smallest absolute Gasteiger partial charge is 0.217 e. The van der Waals surface area contributed by atoms with E-state index in [1.165, 1.54) is 38.5 Å². The fraction of sp³-hybridized carbons (Fsp3) is 0.889. The molecule has 24 heavy (non-hydrogen) atoms. The van der Waals surface area contributed by atoms with Gasteiger partial charge in [0.25, 0.3) is 0 Å². The Bertz CT molecular complexity index is 258. The molecular formula is C18H40N4O2. The molecule has 0 saturated carbocycles. The number of amides is 2. The van der Waals surface area contributed by atoms with Crippen LogP contribution in [-0.4, -0.2) is 24.9 Å². The topological polar surface area (TPSA) is 138 Å². The predicted octanol–water partition coefficient (Wildman–Crippen LogP) is 2.32. The van der Waals surface area contributed by atoms with E-state index in [9.17, 15) is 9.59 Å². The summed E-state index contributed by atoms with van der Waals surface area (Å²) in [4.78, 5) is 20.9. The van der Waals surface area contributed by atoms with E-state index in [2.05, 4.69) is 0 Å². The van der Waals surface area contributed by atoms with Crippen LogP contribution in [0.2, 0.25) is 0 Å². The first kappa shape index (κ1) is 25.1. The van der Waals surface area contributed by atoms with E-state index < -0.39 is 0 Å². The summed E-state index contributed by atoms with van der Waals surface area (Å²) in [5.41, 5.74) is 20.6. The van der Waals surface area contributed by atoms with Crippen LogP contribution in [0.1, 0.15) is 89.9 Å². The monoisotopic (exact) mass is 344 g/mol. The minimum atomic E-state index is -0.202. The molecule has 144 valence electrons. The van der Waals surface area contributed by atoms with Gasteiger partial charge < -0.3 is 22.9 Å². The molecule has 0 aliphatic rings. The maximum atomic E-state index is 10.4. The Morgan fingerprint density at radius 2 is 0.708 bits per heavy atom. The Kier molecular flexibility index (Phi) is 22.9. The van der Waals surface area contributed by atoms with Crippen LogP contribution in [0.15, 0.2) is 0 Å². The van der Waals surface area contributed by atoms with E-state index in [0.717, 1.165) is 51.6 Å². The lowest BCUT2D eigenvalue weighted by atomic mass is 10.1. The molecule has 0 atom stereocenters. The average Bonchev–Trinajstić information content (AvgIpc) is 2.53. The Morgan fingerprint density at radius 1 is 0.458 bits per heavy atom. The van der Waals surface area contributed by atoms with Gasteiger partial charge in [-0.2, -0.15) is 0 Å². The highest BCUT2D eigenvalue weighted by molar-refractivity contribution is 5.73. The van der Waals surface area contributed by atoms with Crippen LogP contribution < -0.4 is 22.9 Å². The molecule has 0 rings (SSSR count). The Hall–Kier alpha value is -1.14. The highest BCUT2D eigenvalue weighted by Gasteiger charge is 1.96. The first-order valence-electron chi connectivity index (χ1n) is 9.51. The average molecular weight is 345 g/mol. The zero-order chi connectivity index (χ0) is 18.5. The van der Waals surface area contributed by atoms with E-state index in [4.69, 9.17) is 22.9 Å². The molecule has 0 unspecified atom stereocenters. The third kappa shape index (κ3) is 28.9. The Morgan fingerprint density at radius 3 is 0.958 bits per heavy atom. The molecule has 2 amide bonds. The number of carbonyl (C=O) groups excluding carboxylic acids is 2. The summed E-state index contributed by atoms with van der Waals surface area (Å²) in [6.45, 7) is 1.65. The Balaban J connectivity index is 0. The molecule has 0 aliphatic heterocycles. The fourth-order valence-corrected chi connectivity index (χ4v) is 2.30. The number of rotatable bonds is 16. The molecule has 0 bridgehead atoms. The van der Waals surface area contributed by atoms with Crippen LogP contribution in [0.4, 0.5) is 0 Å². The lowest BCUT2D eigenvalue weighted by Crippen LogP contribution is -2.09. The first-order chi connectivity index (χ1) is 11.5. The summed E-state index contributed by atoms with van der Waals surface area (Å²) < 4.78 is 0. The van der Waals surface area contributed by atoms with Crippen molar-refractivity contribution in [3.8, 4) is 0 Å². The summed E-state index contributed by atoms with van der Waals surface area (Å²) in [7, 11) is 0. The van der Waals surface area contributed by atoms with Crippen molar-refractivity contribution >= 4 is 11.8 Å². The fourth-order valence-electron chi connectivity index (χ4n) is 2.30. The molecular weight excluding hydrogens is 304 g/mol. The maximum absolute atomic E-state index is 10.4. The molecule has 8 N–H and O–H groups in total. The second-order valence-electron chi connectivity index (χ2n) is 6.25. The molecule has 0 aromatic heterocycles. The van der Waals surface area contributed by atoms with Gasteiger partial charge in [0.05, 0.1) is 0 Å².